The number of rotatable bonds is 0. The van der Waals surface area contributed by atoms with Crippen LogP contribution in [0.1, 0.15) is 11.4 Å². The molecule has 0 saturated carbocycles. The van der Waals surface area contributed by atoms with Crippen LogP contribution < -0.4 is 10.7 Å². The van der Waals surface area contributed by atoms with E-state index in [1.54, 1.807) is 0 Å². The molecule has 0 atom stereocenters. The van der Waals surface area contributed by atoms with Crippen molar-refractivity contribution in [2.45, 2.75) is 0 Å². The summed E-state index contributed by atoms with van der Waals surface area (Å²) in [5, 5.41) is 55.6. The summed E-state index contributed by atoms with van der Waals surface area (Å²) in [7, 11) is 0. The number of aromatic nitrogens is 4. The molecule has 1 aliphatic heterocycles. The van der Waals surface area contributed by atoms with Crippen LogP contribution in [-0.2, 0) is 0 Å². The van der Waals surface area contributed by atoms with Crippen molar-refractivity contribution in [3.8, 4) is 45.5 Å². The second-order valence-corrected chi connectivity index (χ2v) is 12.3. The lowest BCUT2D eigenvalue weighted by molar-refractivity contribution is 0.351. The highest BCUT2D eigenvalue weighted by Crippen LogP contribution is 2.52. The number of hydrogen-bond acceptors (Lipinski definition) is 4. The highest BCUT2D eigenvalue weighted by Gasteiger charge is 2.27. The van der Waals surface area contributed by atoms with E-state index < -0.39 is 23.0 Å². The number of H-pyrrole nitrogens is 4. The summed E-state index contributed by atoms with van der Waals surface area (Å²) in [4.78, 5) is 14.3. The average molecular weight is 627 g/mol. The van der Waals surface area contributed by atoms with Crippen molar-refractivity contribution >= 4 is 66.3 Å². The lowest BCUT2D eigenvalue weighted by Gasteiger charge is -2.08. The topological polar surface area (TPSA) is 144 Å². The molecule has 5 aromatic heterocycles. The molecule has 0 fully saturated rings. The van der Waals surface area contributed by atoms with Gasteiger partial charge < -0.3 is 40.4 Å². The van der Waals surface area contributed by atoms with Gasteiger partial charge in [0.1, 0.15) is 0 Å². The Kier molecular flexibility index (Phi) is 5.16. The minimum absolute atomic E-state index is 0.237. The Balaban J connectivity index is 1.55. The lowest BCUT2D eigenvalue weighted by Crippen LogP contribution is -2.10. The predicted octanol–water partition coefficient (Wildman–Crippen LogP) is 7.45. The standard InChI is InChI=1S/C40H26N4O4/c45-37-31-33-23-13-5-3-11-21(23)29(42-33)17-27-19-9-1-2-10-20(19)28(41-27)18-30-22-12-4-6-14-24(22)34(43-30)32(38(46)40(48)39(37)47)36-26-16-8-7-15-25(26)35(31)44-36/h1-18,41-48H. The van der Waals surface area contributed by atoms with Gasteiger partial charge in [-0.15, -0.1) is 0 Å². The van der Waals surface area contributed by atoms with E-state index in [0.29, 0.717) is 22.4 Å². The summed E-state index contributed by atoms with van der Waals surface area (Å²) in [6.07, 6.45) is 4.11. The zero-order chi connectivity index (χ0) is 32.3. The van der Waals surface area contributed by atoms with Crippen molar-refractivity contribution in [1.82, 2.24) is 19.9 Å². The molecule has 0 amide bonds. The molecule has 10 rings (SSSR count). The quantitative estimate of drug-likeness (QED) is 0.0884. The molecule has 0 aliphatic carbocycles. The van der Waals surface area contributed by atoms with Gasteiger partial charge in [0.05, 0.1) is 33.5 Å². The Morgan fingerprint density at radius 2 is 0.688 bits per heavy atom. The molecule has 8 heteroatoms. The minimum atomic E-state index is -0.851. The summed E-state index contributed by atoms with van der Waals surface area (Å²) in [6.45, 7) is 0. The van der Waals surface area contributed by atoms with E-state index >= 15 is 0 Å². The maximum Gasteiger partial charge on any atom is 0.205 e. The Bertz CT molecular complexity index is 2810. The number of aromatic amines is 4. The molecule has 10 bridgehead atoms. The first-order valence-electron chi connectivity index (χ1n) is 15.6. The maximum absolute atomic E-state index is 11.9. The van der Waals surface area contributed by atoms with Crippen LogP contribution in [0.15, 0.2) is 97.1 Å². The maximum atomic E-state index is 11.9. The van der Waals surface area contributed by atoms with E-state index in [1.165, 1.54) is 0 Å². The molecule has 8 N–H and O–H groups in total. The highest BCUT2D eigenvalue weighted by molar-refractivity contribution is 6.19. The number of benzene rings is 4. The van der Waals surface area contributed by atoms with Gasteiger partial charge in [-0.1, -0.05) is 97.1 Å². The SMILES string of the molecule is Oc1c(O)c(O)c2c3[nH]c(c(c1O)-c1[nH]c(c4ccccc14)C=c1[nH]c(c4ccccc14)=Cc1[nH]c-2c2ccccc12)c1ccccc31. The fourth-order valence-corrected chi connectivity index (χ4v) is 7.54. The normalized spacial score (nSPS) is 12.4. The zero-order valence-electron chi connectivity index (χ0n) is 25.2. The third-order valence-corrected chi connectivity index (χ3v) is 9.71. The molecule has 0 unspecified atom stereocenters. The predicted molar refractivity (Wildman–Crippen MR) is 191 cm³/mol. The fourth-order valence-electron chi connectivity index (χ4n) is 7.54. The van der Waals surface area contributed by atoms with E-state index in [0.717, 1.165) is 65.2 Å². The van der Waals surface area contributed by atoms with E-state index in [-0.39, 0.29) is 11.1 Å². The van der Waals surface area contributed by atoms with Gasteiger partial charge in [0.25, 0.3) is 0 Å². The zero-order valence-corrected chi connectivity index (χ0v) is 25.2. The van der Waals surface area contributed by atoms with E-state index in [9.17, 15) is 20.4 Å². The molecule has 6 heterocycles. The van der Waals surface area contributed by atoms with Crippen molar-refractivity contribution in [3.63, 3.8) is 0 Å². The van der Waals surface area contributed by atoms with Crippen LogP contribution in [-0.4, -0.2) is 40.4 Å². The van der Waals surface area contributed by atoms with Crippen LogP contribution in [0.3, 0.4) is 0 Å². The summed E-state index contributed by atoms with van der Waals surface area (Å²) in [5.74, 6) is -2.90. The molecule has 8 nitrogen and oxygen atoms in total. The average Bonchev–Trinajstić information content (AvgIpc) is 3.87. The van der Waals surface area contributed by atoms with Gasteiger partial charge in [-0.05, 0) is 12.2 Å². The first-order chi connectivity index (χ1) is 23.5. The molecule has 1 aliphatic rings. The monoisotopic (exact) mass is 626 g/mol. The Hall–Kier alpha value is -6.80. The molecule has 9 aromatic rings. The van der Waals surface area contributed by atoms with Crippen molar-refractivity contribution in [1.29, 1.82) is 0 Å². The molecule has 230 valence electrons. The Morgan fingerprint density at radius 3 is 1.10 bits per heavy atom. The molecule has 0 spiro atoms. The van der Waals surface area contributed by atoms with Gasteiger partial charge in [0, 0.05) is 65.2 Å². The molecule has 48 heavy (non-hydrogen) atoms. The van der Waals surface area contributed by atoms with Crippen LogP contribution in [0.5, 0.6) is 23.0 Å². The van der Waals surface area contributed by atoms with Crippen molar-refractivity contribution in [3.05, 3.63) is 119 Å². The molecule has 0 saturated heterocycles. The van der Waals surface area contributed by atoms with Gasteiger partial charge in [-0.2, -0.15) is 0 Å². The van der Waals surface area contributed by atoms with Crippen molar-refractivity contribution in [2.24, 2.45) is 0 Å². The van der Waals surface area contributed by atoms with Gasteiger partial charge in [-0.3, -0.25) is 0 Å². The van der Waals surface area contributed by atoms with Crippen molar-refractivity contribution < 1.29 is 20.4 Å². The van der Waals surface area contributed by atoms with Crippen molar-refractivity contribution in [2.75, 3.05) is 0 Å². The third kappa shape index (κ3) is 3.43. The van der Waals surface area contributed by atoms with Crippen LogP contribution in [0, 0.1) is 0 Å². The highest BCUT2D eigenvalue weighted by atomic mass is 16.3. The number of fused-ring (bicyclic) bond motifs is 18. The Labute approximate surface area is 270 Å². The fraction of sp³-hybridized carbons (Fsp3) is 0. The van der Waals surface area contributed by atoms with Gasteiger partial charge in [-0.25, -0.2) is 0 Å². The van der Waals surface area contributed by atoms with E-state index in [2.05, 4.69) is 44.2 Å². The third-order valence-electron chi connectivity index (χ3n) is 9.71. The Morgan fingerprint density at radius 1 is 0.333 bits per heavy atom. The van der Waals surface area contributed by atoms with Gasteiger partial charge in [0.15, 0.2) is 11.5 Å². The number of aromatic hydroxyl groups is 4. The molecular formula is C40H26N4O4. The second-order valence-electron chi connectivity index (χ2n) is 12.3. The molecule has 4 aromatic carbocycles. The van der Waals surface area contributed by atoms with Crippen LogP contribution in [0.2, 0.25) is 0 Å². The van der Waals surface area contributed by atoms with Gasteiger partial charge in [0.2, 0.25) is 11.5 Å². The largest absolute Gasteiger partial charge is 0.504 e. The van der Waals surface area contributed by atoms with E-state index in [4.69, 9.17) is 0 Å². The van der Waals surface area contributed by atoms with Gasteiger partial charge >= 0.3 is 0 Å². The van der Waals surface area contributed by atoms with Crippen LogP contribution in [0.25, 0.3) is 88.8 Å². The number of nitrogens with one attached hydrogen (secondary N) is 4. The molecular weight excluding hydrogens is 600 g/mol. The summed E-state index contributed by atoms with van der Waals surface area (Å²) in [5.41, 5.74) is 4.10. The first kappa shape index (κ1) is 26.4. The number of hydrogen-bond donors (Lipinski definition) is 8. The van der Waals surface area contributed by atoms with Crippen LogP contribution in [0.4, 0.5) is 0 Å². The first-order valence-corrected chi connectivity index (χ1v) is 15.6. The lowest BCUT2D eigenvalue weighted by atomic mass is 10.0. The smallest absolute Gasteiger partial charge is 0.205 e. The van der Waals surface area contributed by atoms with E-state index in [1.807, 2.05) is 84.9 Å². The summed E-state index contributed by atoms with van der Waals surface area (Å²) < 4.78 is 0. The van der Waals surface area contributed by atoms with Crippen LogP contribution >= 0.6 is 0 Å². The summed E-state index contributed by atoms with van der Waals surface area (Å²) in [6, 6.07) is 31.5. The second kappa shape index (κ2) is 9.37. The summed E-state index contributed by atoms with van der Waals surface area (Å²) >= 11 is 0. The minimum Gasteiger partial charge on any atom is -0.504 e. The molecule has 0 radical (unpaired) electrons.